The van der Waals surface area contributed by atoms with Gasteiger partial charge in [-0.05, 0) is 24.5 Å². The molecule has 0 radical (unpaired) electrons. The summed E-state index contributed by atoms with van der Waals surface area (Å²) in [5, 5.41) is 2.55. The lowest BCUT2D eigenvalue weighted by atomic mass is 9.80. The molecule has 1 N–H and O–H groups in total. The van der Waals surface area contributed by atoms with Gasteiger partial charge in [-0.3, -0.25) is 4.79 Å². The van der Waals surface area contributed by atoms with E-state index in [0.29, 0.717) is 18.4 Å². The predicted molar refractivity (Wildman–Crippen MR) is 55.1 cm³/mol. The number of carbonyl (C=O) groups excluding carboxylic acids is 1. The molecule has 0 unspecified atom stereocenters. The summed E-state index contributed by atoms with van der Waals surface area (Å²) in [4.78, 5) is 11.9. The molecule has 0 saturated heterocycles. The molecular formula is C12H11F2NO. The summed E-state index contributed by atoms with van der Waals surface area (Å²) in [6, 6.07) is 2.11. The van der Waals surface area contributed by atoms with Crippen molar-refractivity contribution in [2.24, 2.45) is 0 Å². The van der Waals surface area contributed by atoms with Crippen molar-refractivity contribution < 1.29 is 13.6 Å². The average molecular weight is 223 g/mol. The van der Waals surface area contributed by atoms with E-state index in [2.05, 4.69) is 5.32 Å². The van der Waals surface area contributed by atoms with Crippen LogP contribution >= 0.6 is 0 Å². The van der Waals surface area contributed by atoms with E-state index in [-0.39, 0.29) is 11.6 Å². The fourth-order valence-electron chi connectivity index (χ4n) is 2.91. The van der Waals surface area contributed by atoms with E-state index in [1.165, 1.54) is 6.07 Å². The number of halogens is 2. The van der Waals surface area contributed by atoms with Gasteiger partial charge < -0.3 is 5.32 Å². The molecule has 16 heavy (non-hydrogen) atoms. The van der Waals surface area contributed by atoms with Gasteiger partial charge in [0.05, 0.1) is 11.1 Å². The number of carbonyl (C=O) groups is 1. The van der Waals surface area contributed by atoms with Crippen LogP contribution in [-0.2, 0) is 10.2 Å². The Morgan fingerprint density at radius 1 is 1.19 bits per heavy atom. The molecule has 1 spiro atoms. The van der Waals surface area contributed by atoms with Gasteiger partial charge in [-0.2, -0.15) is 0 Å². The maximum absolute atomic E-state index is 13.5. The largest absolute Gasteiger partial charge is 0.323 e. The number of benzene rings is 1. The normalized spacial score (nSPS) is 21.2. The van der Waals surface area contributed by atoms with Crippen LogP contribution in [0.1, 0.15) is 31.2 Å². The number of hydrogen-bond donors (Lipinski definition) is 1. The Hall–Kier alpha value is -1.45. The molecule has 1 aromatic carbocycles. The Balaban J connectivity index is 2.24. The third-order valence-corrected chi connectivity index (χ3v) is 3.70. The summed E-state index contributed by atoms with van der Waals surface area (Å²) in [5.74, 6) is -1.46. The molecule has 0 bridgehead atoms. The number of amides is 1. The van der Waals surface area contributed by atoms with E-state index < -0.39 is 17.0 Å². The third kappa shape index (κ3) is 1.07. The van der Waals surface area contributed by atoms with E-state index >= 15 is 0 Å². The smallest absolute Gasteiger partial charge is 0.235 e. The van der Waals surface area contributed by atoms with Gasteiger partial charge in [0, 0.05) is 6.07 Å². The highest BCUT2D eigenvalue weighted by Crippen LogP contribution is 2.49. The highest BCUT2D eigenvalue weighted by molar-refractivity contribution is 6.06. The van der Waals surface area contributed by atoms with Crippen molar-refractivity contribution in [3.8, 4) is 0 Å². The number of anilines is 1. The minimum absolute atomic E-state index is 0.174. The van der Waals surface area contributed by atoms with Crippen LogP contribution in [0.4, 0.5) is 14.5 Å². The summed E-state index contributed by atoms with van der Waals surface area (Å²) in [6.07, 6.45) is 3.25. The molecule has 2 nitrogen and oxygen atoms in total. The molecule has 1 amide bonds. The fraction of sp³-hybridized carbons (Fsp3) is 0.417. The van der Waals surface area contributed by atoms with E-state index in [1.54, 1.807) is 0 Å². The minimum atomic E-state index is -0.674. The number of hydrogen-bond acceptors (Lipinski definition) is 1. The predicted octanol–water partition coefficient (Wildman–Crippen LogP) is 2.73. The molecule has 1 saturated carbocycles. The van der Waals surface area contributed by atoms with Crippen LogP contribution in [0.25, 0.3) is 0 Å². The lowest BCUT2D eigenvalue weighted by Crippen LogP contribution is -2.30. The zero-order valence-electron chi connectivity index (χ0n) is 8.65. The molecule has 1 aromatic rings. The Bertz CT molecular complexity index is 478. The summed E-state index contributed by atoms with van der Waals surface area (Å²) < 4.78 is 26.7. The Labute approximate surface area is 91.7 Å². The number of fused-ring (bicyclic) bond motifs is 2. The molecule has 84 valence electrons. The van der Waals surface area contributed by atoms with E-state index in [4.69, 9.17) is 0 Å². The zero-order chi connectivity index (χ0) is 11.3. The molecule has 0 aromatic heterocycles. The fourth-order valence-corrected chi connectivity index (χ4v) is 2.91. The third-order valence-electron chi connectivity index (χ3n) is 3.70. The first-order chi connectivity index (χ1) is 7.63. The lowest BCUT2D eigenvalue weighted by Gasteiger charge is -2.20. The van der Waals surface area contributed by atoms with E-state index in [0.717, 1.165) is 18.9 Å². The molecule has 1 aliphatic carbocycles. The summed E-state index contributed by atoms with van der Waals surface area (Å²) in [6.45, 7) is 0. The molecule has 2 aliphatic rings. The van der Waals surface area contributed by atoms with Gasteiger partial charge in [-0.1, -0.05) is 12.8 Å². The van der Waals surface area contributed by atoms with Crippen LogP contribution in [0.5, 0.6) is 0 Å². The van der Waals surface area contributed by atoms with Crippen molar-refractivity contribution in [2.75, 3.05) is 5.32 Å². The lowest BCUT2D eigenvalue weighted by molar-refractivity contribution is -0.120. The molecule has 4 heteroatoms. The zero-order valence-corrected chi connectivity index (χ0v) is 8.65. The first-order valence-corrected chi connectivity index (χ1v) is 5.44. The van der Waals surface area contributed by atoms with Gasteiger partial charge in [0.2, 0.25) is 5.91 Å². The second kappa shape index (κ2) is 3.03. The van der Waals surface area contributed by atoms with Crippen LogP contribution < -0.4 is 5.32 Å². The van der Waals surface area contributed by atoms with Crippen molar-refractivity contribution in [1.82, 2.24) is 0 Å². The highest BCUT2D eigenvalue weighted by Gasteiger charge is 2.49. The van der Waals surface area contributed by atoms with E-state index in [1.807, 2.05) is 0 Å². The van der Waals surface area contributed by atoms with Crippen LogP contribution in [0.15, 0.2) is 12.1 Å². The molecule has 3 rings (SSSR count). The van der Waals surface area contributed by atoms with E-state index in [9.17, 15) is 13.6 Å². The van der Waals surface area contributed by atoms with Gasteiger partial charge in [-0.25, -0.2) is 8.78 Å². The van der Waals surface area contributed by atoms with Crippen LogP contribution in [0.3, 0.4) is 0 Å². The number of rotatable bonds is 0. The Kier molecular flexibility index (Phi) is 1.85. The van der Waals surface area contributed by atoms with Gasteiger partial charge in [0.15, 0.2) is 0 Å². The van der Waals surface area contributed by atoms with Crippen molar-refractivity contribution in [1.29, 1.82) is 0 Å². The average Bonchev–Trinajstić information content (AvgIpc) is 2.79. The van der Waals surface area contributed by atoms with Crippen molar-refractivity contribution in [3.05, 3.63) is 29.3 Å². The first kappa shape index (κ1) is 9.75. The molecule has 0 atom stereocenters. The van der Waals surface area contributed by atoms with Crippen LogP contribution in [-0.4, -0.2) is 5.91 Å². The maximum Gasteiger partial charge on any atom is 0.235 e. The van der Waals surface area contributed by atoms with Gasteiger partial charge in [-0.15, -0.1) is 0 Å². The Morgan fingerprint density at radius 2 is 1.88 bits per heavy atom. The molecule has 1 aliphatic heterocycles. The van der Waals surface area contributed by atoms with Crippen LogP contribution in [0, 0.1) is 11.6 Å². The second-order valence-corrected chi connectivity index (χ2v) is 4.55. The first-order valence-electron chi connectivity index (χ1n) is 5.44. The molecule has 1 heterocycles. The summed E-state index contributed by atoms with van der Waals surface area (Å²) >= 11 is 0. The SMILES string of the molecule is O=C1Nc2c(F)cc(F)cc2C12CCCC2. The van der Waals surface area contributed by atoms with Crippen molar-refractivity contribution in [2.45, 2.75) is 31.1 Å². The summed E-state index contributed by atoms with van der Waals surface area (Å²) in [7, 11) is 0. The molecular weight excluding hydrogens is 212 g/mol. The van der Waals surface area contributed by atoms with Crippen molar-refractivity contribution >= 4 is 11.6 Å². The van der Waals surface area contributed by atoms with Crippen LogP contribution in [0.2, 0.25) is 0 Å². The Morgan fingerprint density at radius 3 is 2.56 bits per heavy atom. The minimum Gasteiger partial charge on any atom is -0.323 e. The summed E-state index contributed by atoms with van der Waals surface area (Å²) in [5.41, 5.74) is 0.0129. The van der Waals surface area contributed by atoms with Gasteiger partial charge in [0.1, 0.15) is 11.6 Å². The molecule has 1 fully saturated rings. The van der Waals surface area contributed by atoms with Gasteiger partial charge in [0.25, 0.3) is 0 Å². The topological polar surface area (TPSA) is 29.1 Å². The highest BCUT2D eigenvalue weighted by atomic mass is 19.1. The maximum atomic E-state index is 13.5. The standard InChI is InChI=1S/C12H11F2NO/c13-7-5-8-10(9(14)6-7)15-11(16)12(8)3-1-2-4-12/h5-6H,1-4H2,(H,15,16). The van der Waals surface area contributed by atoms with Crippen molar-refractivity contribution in [3.63, 3.8) is 0 Å². The quantitative estimate of drug-likeness (QED) is 0.719. The number of nitrogens with one attached hydrogen (secondary N) is 1. The second-order valence-electron chi connectivity index (χ2n) is 4.55. The van der Waals surface area contributed by atoms with Gasteiger partial charge >= 0.3 is 0 Å². The monoisotopic (exact) mass is 223 g/mol.